The molecule has 2 aromatic heterocycles. The summed E-state index contributed by atoms with van der Waals surface area (Å²) in [5.41, 5.74) is 9.97. The molecule has 1 saturated carbocycles. The lowest BCUT2D eigenvalue weighted by Crippen LogP contribution is -2.47. The van der Waals surface area contributed by atoms with Crippen LogP contribution in [0.5, 0.6) is 0 Å². The van der Waals surface area contributed by atoms with Crippen molar-refractivity contribution in [1.29, 1.82) is 0 Å². The standard InChI is InChI=1S/C33H31N5O4S/c1-22-11-14-26(15-12-22)43(40,41)42-21-33(39)19-25(20-33)31-36-32(29-30(34)35-17-18-37(29)31)38-27-10-6-5-9-24(27)13-16-28(38)23-7-3-2-4-8-23/h2-18,25,28,39H,19-21H2,1H3,(H2,34,35). The van der Waals surface area contributed by atoms with Gasteiger partial charge in [-0.25, -0.2) is 9.97 Å². The molecule has 9 nitrogen and oxygen atoms in total. The highest BCUT2D eigenvalue weighted by molar-refractivity contribution is 7.86. The van der Waals surface area contributed by atoms with Crippen molar-refractivity contribution in [1.82, 2.24) is 14.4 Å². The molecule has 218 valence electrons. The molecule has 0 saturated heterocycles. The van der Waals surface area contributed by atoms with Gasteiger partial charge in [0.15, 0.2) is 11.6 Å². The first kappa shape index (κ1) is 27.3. The van der Waals surface area contributed by atoms with E-state index in [1.165, 1.54) is 12.1 Å². The normalized spacial score (nSPS) is 21.5. The van der Waals surface area contributed by atoms with E-state index in [0.717, 1.165) is 28.2 Å². The van der Waals surface area contributed by atoms with Gasteiger partial charge in [0.05, 0.1) is 28.8 Å². The Hall–Kier alpha value is -4.51. The monoisotopic (exact) mass is 593 g/mol. The molecular weight excluding hydrogens is 562 g/mol. The van der Waals surface area contributed by atoms with E-state index < -0.39 is 15.7 Å². The van der Waals surface area contributed by atoms with Gasteiger partial charge in [0.1, 0.15) is 11.3 Å². The number of hydrogen-bond acceptors (Lipinski definition) is 8. The molecule has 0 bridgehead atoms. The number of imidazole rings is 1. The van der Waals surface area contributed by atoms with Crippen LogP contribution in [-0.4, -0.2) is 40.1 Å². The lowest BCUT2D eigenvalue weighted by atomic mass is 9.71. The summed E-state index contributed by atoms with van der Waals surface area (Å²) >= 11 is 0. The van der Waals surface area contributed by atoms with Crippen molar-refractivity contribution in [3.05, 3.63) is 120 Å². The van der Waals surface area contributed by atoms with E-state index in [9.17, 15) is 13.5 Å². The molecule has 10 heteroatoms. The Bertz CT molecular complexity index is 1950. The maximum absolute atomic E-state index is 12.7. The van der Waals surface area contributed by atoms with Crippen LogP contribution in [0.4, 0.5) is 17.3 Å². The molecule has 1 unspecified atom stereocenters. The minimum Gasteiger partial charge on any atom is -0.387 e. The highest BCUT2D eigenvalue weighted by Gasteiger charge is 2.47. The molecule has 7 rings (SSSR count). The molecule has 1 aliphatic carbocycles. The molecule has 43 heavy (non-hydrogen) atoms. The lowest BCUT2D eigenvalue weighted by molar-refractivity contribution is -0.0800. The molecule has 1 fully saturated rings. The summed E-state index contributed by atoms with van der Waals surface area (Å²) < 4.78 is 32.7. The Morgan fingerprint density at radius 1 is 1.02 bits per heavy atom. The van der Waals surface area contributed by atoms with Crippen molar-refractivity contribution >= 4 is 39.0 Å². The van der Waals surface area contributed by atoms with Crippen molar-refractivity contribution in [3.8, 4) is 0 Å². The molecule has 0 radical (unpaired) electrons. The van der Waals surface area contributed by atoms with Gasteiger partial charge < -0.3 is 15.7 Å². The maximum atomic E-state index is 12.7. The number of para-hydroxylation sites is 1. The number of aromatic nitrogens is 3. The van der Waals surface area contributed by atoms with Gasteiger partial charge in [-0.15, -0.1) is 0 Å². The van der Waals surface area contributed by atoms with E-state index >= 15 is 0 Å². The summed E-state index contributed by atoms with van der Waals surface area (Å²) in [5.74, 6) is 1.59. The Labute approximate surface area is 250 Å². The maximum Gasteiger partial charge on any atom is 0.297 e. The van der Waals surface area contributed by atoms with Crippen molar-refractivity contribution in [2.45, 2.75) is 42.2 Å². The van der Waals surface area contributed by atoms with Crippen LogP contribution >= 0.6 is 0 Å². The van der Waals surface area contributed by atoms with Gasteiger partial charge in [0, 0.05) is 18.3 Å². The Kier molecular flexibility index (Phi) is 6.57. The fraction of sp³-hybridized carbons (Fsp3) is 0.212. The third-order valence-corrected chi connectivity index (χ3v) is 9.58. The molecule has 3 aromatic carbocycles. The van der Waals surface area contributed by atoms with Gasteiger partial charge in [-0.3, -0.25) is 8.58 Å². The topological polar surface area (TPSA) is 123 Å². The number of anilines is 3. The van der Waals surface area contributed by atoms with Crippen LogP contribution in [0.3, 0.4) is 0 Å². The summed E-state index contributed by atoms with van der Waals surface area (Å²) in [6, 6.07) is 24.7. The van der Waals surface area contributed by atoms with Gasteiger partial charge in [-0.2, -0.15) is 8.42 Å². The number of nitrogen functional groups attached to an aromatic ring is 1. The SMILES string of the molecule is Cc1ccc(S(=O)(=O)OCC2(O)CC(c3nc(N4c5ccccc5C=CC4c4ccccc4)c4c(N)nccn34)C2)cc1. The molecule has 3 heterocycles. The van der Waals surface area contributed by atoms with Crippen LogP contribution in [0.1, 0.15) is 47.3 Å². The van der Waals surface area contributed by atoms with Crippen LogP contribution < -0.4 is 10.6 Å². The lowest BCUT2D eigenvalue weighted by Gasteiger charge is -2.42. The van der Waals surface area contributed by atoms with Gasteiger partial charge in [-0.1, -0.05) is 78.4 Å². The van der Waals surface area contributed by atoms with Crippen molar-refractivity contribution in [2.75, 3.05) is 17.2 Å². The zero-order chi connectivity index (χ0) is 29.8. The second kappa shape index (κ2) is 10.3. The molecule has 0 spiro atoms. The second-order valence-electron chi connectivity index (χ2n) is 11.3. The van der Waals surface area contributed by atoms with Crippen LogP contribution in [0.15, 0.2) is 102 Å². The van der Waals surface area contributed by atoms with Crippen molar-refractivity contribution in [2.24, 2.45) is 0 Å². The quantitative estimate of drug-likeness (QED) is 0.236. The van der Waals surface area contributed by atoms with Gasteiger partial charge >= 0.3 is 0 Å². The number of nitrogens with two attached hydrogens (primary N) is 1. The molecule has 1 atom stereocenters. The fourth-order valence-electron chi connectivity index (χ4n) is 6.08. The molecule has 1 aliphatic heterocycles. The number of nitrogens with zero attached hydrogens (tertiary/aromatic N) is 4. The number of fused-ring (bicyclic) bond motifs is 2. The number of aliphatic hydroxyl groups is 1. The molecular formula is C33H31N5O4S. The molecule has 5 aromatic rings. The smallest absolute Gasteiger partial charge is 0.297 e. The summed E-state index contributed by atoms with van der Waals surface area (Å²) in [6.07, 6.45) is 8.32. The summed E-state index contributed by atoms with van der Waals surface area (Å²) in [7, 11) is -4.00. The number of hydrogen-bond donors (Lipinski definition) is 2. The molecule has 3 N–H and O–H groups in total. The first-order valence-corrected chi connectivity index (χ1v) is 15.6. The number of rotatable bonds is 7. The predicted molar refractivity (Wildman–Crippen MR) is 165 cm³/mol. The van der Waals surface area contributed by atoms with Crippen LogP contribution in [0, 0.1) is 6.92 Å². The van der Waals surface area contributed by atoms with Crippen molar-refractivity contribution < 1.29 is 17.7 Å². The summed E-state index contributed by atoms with van der Waals surface area (Å²) in [4.78, 5) is 11.8. The Balaban J connectivity index is 1.22. The minimum absolute atomic E-state index is 0.0632. The Morgan fingerprint density at radius 3 is 2.51 bits per heavy atom. The largest absolute Gasteiger partial charge is 0.387 e. The van der Waals surface area contributed by atoms with E-state index in [1.54, 1.807) is 18.3 Å². The minimum atomic E-state index is -4.00. The summed E-state index contributed by atoms with van der Waals surface area (Å²) in [6.45, 7) is 1.55. The number of benzene rings is 3. The van der Waals surface area contributed by atoms with Crippen LogP contribution in [0.2, 0.25) is 0 Å². The van der Waals surface area contributed by atoms with Gasteiger partial charge in [0.25, 0.3) is 10.1 Å². The third kappa shape index (κ3) is 4.87. The van der Waals surface area contributed by atoms with Crippen molar-refractivity contribution in [3.63, 3.8) is 0 Å². The van der Waals surface area contributed by atoms with Gasteiger partial charge in [0.2, 0.25) is 0 Å². The third-order valence-electron chi connectivity index (χ3n) is 8.30. The molecule has 2 aliphatic rings. The first-order valence-electron chi connectivity index (χ1n) is 14.1. The highest BCUT2D eigenvalue weighted by atomic mass is 32.2. The second-order valence-corrected chi connectivity index (χ2v) is 12.9. The summed E-state index contributed by atoms with van der Waals surface area (Å²) in [5, 5.41) is 11.2. The Morgan fingerprint density at radius 2 is 1.74 bits per heavy atom. The van der Waals surface area contributed by atoms with Gasteiger partial charge in [-0.05, 0) is 49.1 Å². The average Bonchev–Trinajstić information content (AvgIpc) is 3.39. The molecule has 0 amide bonds. The van der Waals surface area contributed by atoms with E-state index in [4.69, 9.17) is 14.9 Å². The predicted octanol–water partition coefficient (Wildman–Crippen LogP) is 5.54. The highest BCUT2D eigenvalue weighted by Crippen LogP contribution is 2.49. The fourth-order valence-corrected chi connectivity index (χ4v) is 7.06. The average molecular weight is 594 g/mol. The van der Waals surface area contributed by atoms with E-state index in [-0.39, 0.29) is 36.3 Å². The van der Waals surface area contributed by atoms with E-state index in [0.29, 0.717) is 17.2 Å². The zero-order valence-corrected chi connectivity index (χ0v) is 24.4. The van der Waals surface area contributed by atoms with Crippen LogP contribution in [-0.2, 0) is 14.3 Å². The number of aryl methyl sites for hydroxylation is 1. The first-order chi connectivity index (χ1) is 20.7. The van der Waals surface area contributed by atoms with E-state index in [2.05, 4.69) is 46.3 Å². The zero-order valence-electron chi connectivity index (χ0n) is 23.5. The van der Waals surface area contributed by atoms with E-state index in [1.807, 2.05) is 47.9 Å². The van der Waals surface area contributed by atoms with Crippen LogP contribution in [0.25, 0.3) is 11.6 Å².